The van der Waals surface area contributed by atoms with Crippen LogP contribution in [-0.4, -0.2) is 46.4 Å². The van der Waals surface area contributed by atoms with E-state index in [4.69, 9.17) is 4.74 Å². The SMILES string of the molecule is CC1SCCSC1C(O)C1CCOCC1. The molecule has 3 atom stereocenters. The first-order chi connectivity index (χ1) is 7.29. The van der Waals surface area contributed by atoms with Crippen LogP contribution in [0.2, 0.25) is 0 Å². The molecule has 0 spiro atoms. The summed E-state index contributed by atoms with van der Waals surface area (Å²) in [6.45, 7) is 3.92. The average molecular weight is 248 g/mol. The van der Waals surface area contributed by atoms with Crippen LogP contribution < -0.4 is 0 Å². The molecule has 0 aromatic heterocycles. The highest BCUT2D eigenvalue weighted by Gasteiger charge is 2.34. The molecule has 15 heavy (non-hydrogen) atoms. The van der Waals surface area contributed by atoms with Gasteiger partial charge in [-0.1, -0.05) is 6.92 Å². The zero-order chi connectivity index (χ0) is 10.7. The molecule has 2 saturated heterocycles. The van der Waals surface area contributed by atoms with Gasteiger partial charge in [0.15, 0.2) is 0 Å². The number of aliphatic hydroxyl groups excluding tert-OH is 1. The number of thioether (sulfide) groups is 2. The second kappa shape index (κ2) is 5.80. The molecule has 2 nitrogen and oxygen atoms in total. The summed E-state index contributed by atoms with van der Waals surface area (Å²) in [6, 6.07) is 0. The topological polar surface area (TPSA) is 29.5 Å². The maximum atomic E-state index is 10.4. The lowest BCUT2D eigenvalue weighted by Crippen LogP contribution is -2.41. The van der Waals surface area contributed by atoms with Gasteiger partial charge in [0.05, 0.1) is 6.10 Å². The molecule has 1 N–H and O–H groups in total. The molecule has 0 bridgehead atoms. The van der Waals surface area contributed by atoms with E-state index in [2.05, 4.69) is 6.92 Å². The standard InChI is InChI=1S/C11H20O2S2/c1-8-11(15-7-6-14-8)10(12)9-2-4-13-5-3-9/h8-12H,2-7H2,1H3. The van der Waals surface area contributed by atoms with E-state index >= 15 is 0 Å². The predicted octanol–water partition coefficient (Wildman–Crippen LogP) is 2.01. The van der Waals surface area contributed by atoms with E-state index in [1.54, 1.807) is 0 Å². The normalized spacial score (nSPS) is 36.4. The highest BCUT2D eigenvalue weighted by molar-refractivity contribution is 8.07. The van der Waals surface area contributed by atoms with Crippen LogP contribution in [0.3, 0.4) is 0 Å². The summed E-state index contributed by atoms with van der Waals surface area (Å²) in [4.78, 5) is 0. The first kappa shape index (κ1) is 12.1. The number of hydrogen-bond acceptors (Lipinski definition) is 4. The van der Waals surface area contributed by atoms with E-state index in [0.29, 0.717) is 16.4 Å². The molecule has 2 heterocycles. The Labute approximate surface area is 101 Å². The third-order valence-electron chi connectivity index (χ3n) is 3.32. The minimum atomic E-state index is -0.123. The molecule has 2 aliphatic rings. The molecule has 0 saturated carbocycles. The lowest BCUT2D eigenvalue weighted by Gasteiger charge is -2.37. The number of rotatable bonds is 2. The second-order valence-electron chi connectivity index (χ2n) is 4.35. The fourth-order valence-electron chi connectivity index (χ4n) is 2.35. The predicted molar refractivity (Wildman–Crippen MR) is 67.7 cm³/mol. The van der Waals surface area contributed by atoms with E-state index in [9.17, 15) is 5.11 Å². The van der Waals surface area contributed by atoms with Crippen molar-refractivity contribution in [1.29, 1.82) is 0 Å². The number of ether oxygens (including phenoxy) is 1. The van der Waals surface area contributed by atoms with Crippen molar-refractivity contribution in [2.24, 2.45) is 5.92 Å². The molecule has 3 unspecified atom stereocenters. The zero-order valence-electron chi connectivity index (χ0n) is 9.22. The Morgan fingerprint density at radius 3 is 2.53 bits per heavy atom. The molecular weight excluding hydrogens is 228 g/mol. The first-order valence-electron chi connectivity index (χ1n) is 5.78. The molecule has 0 aromatic rings. The molecule has 2 aliphatic heterocycles. The van der Waals surface area contributed by atoms with Crippen molar-refractivity contribution in [1.82, 2.24) is 0 Å². The van der Waals surface area contributed by atoms with Gasteiger partial charge in [0.2, 0.25) is 0 Å². The van der Waals surface area contributed by atoms with Gasteiger partial charge in [-0.05, 0) is 18.8 Å². The van der Waals surface area contributed by atoms with Crippen LogP contribution in [0.4, 0.5) is 0 Å². The third kappa shape index (κ3) is 3.05. The summed E-state index contributed by atoms with van der Waals surface area (Å²) in [7, 11) is 0. The minimum Gasteiger partial charge on any atom is -0.392 e. The third-order valence-corrected chi connectivity index (χ3v) is 6.52. The Balaban J connectivity index is 1.89. The van der Waals surface area contributed by atoms with Crippen molar-refractivity contribution in [3.05, 3.63) is 0 Å². The van der Waals surface area contributed by atoms with Crippen molar-refractivity contribution in [3.8, 4) is 0 Å². The van der Waals surface area contributed by atoms with E-state index in [1.165, 1.54) is 11.5 Å². The monoisotopic (exact) mass is 248 g/mol. The van der Waals surface area contributed by atoms with Crippen molar-refractivity contribution in [3.63, 3.8) is 0 Å². The highest BCUT2D eigenvalue weighted by Crippen LogP contribution is 2.36. The van der Waals surface area contributed by atoms with Crippen LogP contribution in [-0.2, 0) is 4.74 Å². The molecule has 0 aliphatic carbocycles. The zero-order valence-corrected chi connectivity index (χ0v) is 10.9. The molecule has 0 amide bonds. The van der Waals surface area contributed by atoms with Crippen LogP contribution >= 0.6 is 23.5 Å². The number of hydrogen-bond donors (Lipinski definition) is 1. The lowest BCUT2D eigenvalue weighted by atomic mass is 9.91. The molecule has 4 heteroatoms. The van der Waals surface area contributed by atoms with Gasteiger partial charge in [-0.25, -0.2) is 0 Å². The van der Waals surface area contributed by atoms with E-state index in [0.717, 1.165) is 26.1 Å². The molecule has 0 radical (unpaired) electrons. The Morgan fingerprint density at radius 1 is 1.20 bits per heavy atom. The smallest absolute Gasteiger partial charge is 0.0699 e. The quantitative estimate of drug-likeness (QED) is 0.809. The average Bonchev–Trinajstić information content (AvgIpc) is 2.30. The Kier molecular flexibility index (Phi) is 4.68. The van der Waals surface area contributed by atoms with Gasteiger partial charge >= 0.3 is 0 Å². The van der Waals surface area contributed by atoms with Gasteiger partial charge in [-0.15, -0.1) is 0 Å². The van der Waals surface area contributed by atoms with Crippen molar-refractivity contribution in [2.45, 2.75) is 36.4 Å². The van der Waals surface area contributed by atoms with E-state index < -0.39 is 0 Å². The fourth-order valence-corrected chi connectivity index (χ4v) is 5.28. The molecule has 0 aromatic carbocycles. The van der Waals surface area contributed by atoms with E-state index in [-0.39, 0.29) is 6.10 Å². The van der Waals surface area contributed by atoms with Crippen LogP contribution in [0.5, 0.6) is 0 Å². The molecular formula is C11H20O2S2. The van der Waals surface area contributed by atoms with Gasteiger partial charge in [0, 0.05) is 35.2 Å². The molecule has 2 rings (SSSR count). The maximum absolute atomic E-state index is 10.4. The summed E-state index contributed by atoms with van der Waals surface area (Å²) in [5.41, 5.74) is 0. The molecule has 88 valence electrons. The number of aliphatic hydroxyl groups is 1. The van der Waals surface area contributed by atoms with Gasteiger partial charge in [-0.3, -0.25) is 0 Å². The lowest BCUT2D eigenvalue weighted by molar-refractivity contribution is 0.00761. The summed E-state index contributed by atoms with van der Waals surface area (Å²) in [5, 5.41) is 11.4. The summed E-state index contributed by atoms with van der Waals surface area (Å²) in [5.74, 6) is 2.90. The van der Waals surface area contributed by atoms with Crippen molar-refractivity contribution >= 4 is 23.5 Å². The highest BCUT2D eigenvalue weighted by atomic mass is 32.2. The minimum absolute atomic E-state index is 0.123. The van der Waals surface area contributed by atoms with Gasteiger partial charge in [-0.2, -0.15) is 23.5 Å². The van der Waals surface area contributed by atoms with Gasteiger partial charge < -0.3 is 9.84 Å². The largest absolute Gasteiger partial charge is 0.392 e. The van der Waals surface area contributed by atoms with E-state index in [1.807, 2.05) is 23.5 Å². The van der Waals surface area contributed by atoms with Gasteiger partial charge in [0.1, 0.15) is 0 Å². The van der Waals surface area contributed by atoms with Crippen LogP contribution in [0.1, 0.15) is 19.8 Å². The van der Waals surface area contributed by atoms with Crippen LogP contribution in [0, 0.1) is 5.92 Å². The summed E-state index contributed by atoms with van der Waals surface area (Å²) < 4.78 is 5.34. The molecule has 2 fully saturated rings. The maximum Gasteiger partial charge on any atom is 0.0699 e. The Hall–Kier alpha value is 0.620. The second-order valence-corrected chi connectivity index (χ2v) is 7.12. The van der Waals surface area contributed by atoms with Crippen molar-refractivity contribution < 1.29 is 9.84 Å². The fraction of sp³-hybridized carbons (Fsp3) is 1.00. The van der Waals surface area contributed by atoms with Gasteiger partial charge in [0.25, 0.3) is 0 Å². The summed E-state index contributed by atoms with van der Waals surface area (Å²) >= 11 is 3.97. The van der Waals surface area contributed by atoms with Crippen LogP contribution in [0.25, 0.3) is 0 Å². The summed E-state index contributed by atoms with van der Waals surface area (Å²) in [6.07, 6.45) is 1.95. The Morgan fingerprint density at radius 2 is 1.87 bits per heavy atom. The van der Waals surface area contributed by atoms with Crippen LogP contribution in [0.15, 0.2) is 0 Å². The Bertz CT molecular complexity index is 195. The van der Waals surface area contributed by atoms with Crippen molar-refractivity contribution in [2.75, 3.05) is 24.7 Å². The first-order valence-corrected chi connectivity index (χ1v) is 7.88.